The van der Waals surface area contributed by atoms with Crippen LogP contribution in [0, 0.1) is 5.41 Å². The number of ether oxygens (including phenoxy) is 1. The zero-order valence-electron chi connectivity index (χ0n) is 8.26. The molecule has 0 aromatic heterocycles. The highest BCUT2D eigenvalue weighted by atomic mass is 16.5. The van der Waals surface area contributed by atoms with Crippen LogP contribution in [-0.2, 0) is 9.53 Å². The van der Waals surface area contributed by atoms with E-state index >= 15 is 0 Å². The van der Waals surface area contributed by atoms with Gasteiger partial charge in [0.05, 0.1) is 6.61 Å². The second-order valence-electron chi connectivity index (χ2n) is 4.38. The molecule has 3 nitrogen and oxygen atoms in total. The maximum absolute atomic E-state index is 11.6. The van der Waals surface area contributed by atoms with Crippen molar-refractivity contribution in [1.29, 1.82) is 0 Å². The van der Waals surface area contributed by atoms with Crippen LogP contribution >= 0.6 is 0 Å². The monoisotopic (exact) mass is 187 g/mol. The summed E-state index contributed by atoms with van der Waals surface area (Å²) in [6.07, 6.45) is -0.267. The Morgan fingerprint density at radius 1 is 1.46 bits per heavy atom. The molecule has 0 N–H and O–H groups in total. The van der Waals surface area contributed by atoms with E-state index in [1.165, 1.54) is 0 Å². The van der Waals surface area contributed by atoms with Crippen LogP contribution in [0.3, 0.4) is 0 Å². The zero-order valence-corrected chi connectivity index (χ0v) is 8.26. The predicted octanol–water partition coefficient (Wildman–Crippen LogP) is 1.53. The van der Waals surface area contributed by atoms with Crippen LogP contribution in [0.25, 0.3) is 0 Å². The van der Waals surface area contributed by atoms with Gasteiger partial charge in [-0.1, -0.05) is 28.2 Å². The SMILES string of the molecule is C.CN1CCOC(C(C)(C)C)C1=O. The first kappa shape index (κ1) is 12.4. The smallest absolute Gasteiger partial charge is 0.252 e. The number of carbonyl (C=O) groups is 1. The number of hydrogen-bond acceptors (Lipinski definition) is 2. The van der Waals surface area contributed by atoms with Gasteiger partial charge in [0, 0.05) is 13.6 Å². The lowest BCUT2D eigenvalue weighted by atomic mass is 9.87. The second-order valence-corrected chi connectivity index (χ2v) is 4.38. The molecule has 0 radical (unpaired) electrons. The van der Waals surface area contributed by atoms with E-state index in [1.807, 2.05) is 27.8 Å². The van der Waals surface area contributed by atoms with Crippen LogP contribution in [0.1, 0.15) is 28.2 Å². The Balaban J connectivity index is 0.00000144. The third-order valence-electron chi connectivity index (χ3n) is 2.10. The summed E-state index contributed by atoms with van der Waals surface area (Å²) in [5, 5.41) is 0. The summed E-state index contributed by atoms with van der Waals surface area (Å²) in [5.41, 5.74) is -0.0915. The van der Waals surface area contributed by atoms with Gasteiger partial charge < -0.3 is 9.64 Å². The van der Waals surface area contributed by atoms with Gasteiger partial charge in [0.25, 0.3) is 5.91 Å². The van der Waals surface area contributed by atoms with Crippen LogP contribution < -0.4 is 0 Å². The molecule has 0 saturated carbocycles. The maximum Gasteiger partial charge on any atom is 0.252 e. The molecule has 1 rings (SSSR count). The van der Waals surface area contributed by atoms with E-state index < -0.39 is 0 Å². The van der Waals surface area contributed by atoms with E-state index in [9.17, 15) is 4.79 Å². The maximum atomic E-state index is 11.6. The number of amides is 1. The lowest BCUT2D eigenvalue weighted by molar-refractivity contribution is -0.160. The summed E-state index contributed by atoms with van der Waals surface area (Å²) < 4.78 is 5.43. The van der Waals surface area contributed by atoms with Gasteiger partial charge in [0.2, 0.25) is 0 Å². The van der Waals surface area contributed by atoms with Crippen molar-refractivity contribution in [2.75, 3.05) is 20.2 Å². The van der Waals surface area contributed by atoms with Crippen molar-refractivity contribution in [1.82, 2.24) is 4.90 Å². The van der Waals surface area contributed by atoms with Crippen molar-refractivity contribution in [3.63, 3.8) is 0 Å². The fourth-order valence-corrected chi connectivity index (χ4v) is 1.31. The molecule has 1 atom stereocenters. The molecule has 1 unspecified atom stereocenters. The molecule has 1 saturated heterocycles. The fraction of sp³-hybridized carbons (Fsp3) is 0.900. The summed E-state index contributed by atoms with van der Waals surface area (Å²) >= 11 is 0. The Labute approximate surface area is 81.1 Å². The van der Waals surface area contributed by atoms with Crippen molar-refractivity contribution in [2.24, 2.45) is 5.41 Å². The summed E-state index contributed by atoms with van der Waals surface area (Å²) in [6, 6.07) is 0. The molecule has 78 valence electrons. The Morgan fingerprint density at radius 3 is 2.38 bits per heavy atom. The van der Waals surface area contributed by atoms with Gasteiger partial charge in [-0.3, -0.25) is 4.79 Å². The highest BCUT2D eigenvalue weighted by Gasteiger charge is 2.36. The molecule has 0 aromatic rings. The minimum absolute atomic E-state index is 0. The minimum atomic E-state index is -0.267. The van der Waals surface area contributed by atoms with E-state index in [2.05, 4.69) is 0 Å². The van der Waals surface area contributed by atoms with Crippen LogP contribution in [0.4, 0.5) is 0 Å². The van der Waals surface area contributed by atoms with Gasteiger partial charge in [-0.25, -0.2) is 0 Å². The number of likely N-dealkylation sites (N-methyl/N-ethyl adjacent to an activating group) is 1. The molecule has 1 amide bonds. The summed E-state index contributed by atoms with van der Waals surface area (Å²) in [7, 11) is 1.82. The molecule has 0 aliphatic carbocycles. The summed E-state index contributed by atoms with van der Waals surface area (Å²) in [4.78, 5) is 13.3. The minimum Gasteiger partial charge on any atom is -0.366 e. The Hall–Kier alpha value is -0.570. The first-order valence-corrected chi connectivity index (χ1v) is 4.29. The molecular weight excluding hydrogens is 166 g/mol. The fourth-order valence-electron chi connectivity index (χ4n) is 1.31. The van der Waals surface area contributed by atoms with Gasteiger partial charge in [-0.05, 0) is 5.41 Å². The van der Waals surface area contributed by atoms with Gasteiger partial charge in [0.15, 0.2) is 0 Å². The van der Waals surface area contributed by atoms with Crippen molar-refractivity contribution < 1.29 is 9.53 Å². The molecule has 1 aliphatic heterocycles. The van der Waals surface area contributed by atoms with Crippen LogP contribution in [0.5, 0.6) is 0 Å². The van der Waals surface area contributed by atoms with Gasteiger partial charge in [-0.2, -0.15) is 0 Å². The third kappa shape index (κ3) is 2.69. The lowest BCUT2D eigenvalue weighted by Crippen LogP contribution is -2.50. The van der Waals surface area contributed by atoms with Gasteiger partial charge in [0.1, 0.15) is 6.10 Å². The lowest BCUT2D eigenvalue weighted by Gasteiger charge is -2.36. The van der Waals surface area contributed by atoms with E-state index in [-0.39, 0.29) is 24.9 Å². The standard InChI is InChI=1S/C9H17NO2.CH4/c1-9(2,3)7-8(11)10(4)5-6-12-7;/h7H,5-6H2,1-4H3;1H4. The normalized spacial score (nSPS) is 24.2. The van der Waals surface area contributed by atoms with Gasteiger partial charge >= 0.3 is 0 Å². The predicted molar refractivity (Wildman–Crippen MR) is 53.6 cm³/mol. The molecule has 1 heterocycles. The van der Waals surface area contributed by atoms with Crippen LogP contribution in [-0.4, -0.2) is 37.1 Å². The topological polar surface area (TPSA) is 29.5 Å². The number of nitrogens with zero attached hydrogens (tertiary/aromatic N) is 1. The summed E-state index contributed by atoms with van der Waals surface area (Å²) in [5.74, 6) is 0.105. The average molecular weight is 187 g/mol. The number of morpholine rings is 1. The summed E-state index contributed by atoms with van der Waals surface area (Å²) in [6.45, 7) is 7.44. The Kier molecular flexibility index (Phi) is 3.91. The molecule has 3 heteroatoms. The number of hydrogen-bond donors (Lipinski definition) is 0. The van der Waals surface area contributed by atoms with Crippen LogP contribution in [0.15, 0.2) is 0 Å². The molecular formula is C10H21NO2. The third-order valence-corrected chi connectivity index (χ3v) is 2.10. The quantitative estimate of drug-likeness (QED) is 0.575. The Bertz CT molecular complexity index is 184. The highest BCUT2D eigenvalue weighted by molar-refractivity contribution is 5.82. The number of rotatable bonds is 0. The van der Waals surface area contributed by atoms with E-state index in [0.717, 1.165) is 0 Å². The van der Waals surface area contributed by atoms with Gasteiger partial charge in [-0.15, -0.1) is 0 Å². The largest absolute Gasteiger partial charge is 0.366 e. The molecule has 0 aromatic carbocycles. The van der Waals surface area contributed by atoms with E-state index in [1.54, 1.807) is 4.90 Å². The Morgan fingerprint density at radius 2 is 2.00 bits per heavy atom. The molecule has 1 aliphatic rings. The van der Waals surface area contributed by atoms with Crippen molar-refractivity contribution in [3.05, 3.63) is 0 Å². The highest BCUT2D eigenvalue weighted by Crippen LogP contribution is 2.25. The first-order chi connectivity index (χ1) is 5.43. The molecule has 13 heavy (non-hydrogen) atoms. The van der Waals surface area contributed by atoms with Crippen molar-refractivity contribution in [3.8, 4) is 0 Å². The van der Waals surface area contributed by atoms with Crippen molar-refractivity contribution >= 4 is 5.91 Å². The number of carbonyl (C=O) groups excluding carboxylic acids is 1. The molecule has 0 bridgehead atoms. The zero-order chi connectivity index (χ0) is 9.35. The van der Waals surface area contributed by atoms with E-state index in [0.29, 0.717) is 13.2 Å². The van der Waals surface area contributed by atoms with Crippen LogP contribution in [0.2, 0.25) is 0 Å². The first-order valence-electron chi connectivity index (χ1n) is 4.29. The van der Waals surface area contributed by atoms with Crippen molar-refractivity contribution in [2.45, 2.75) is 34.3 Å². The second kappa shape index (κ2) is 4.09. The molecule has 1 fully saturated rings. The average Bonchev–Trinajstić information content (AvgIpc) is 1.92. The van der Waals surface area contributed by atoms with E-state index in [4.69, 9.17) is 4.74 Å². The molecule has 0 spiro atoms.